The van der Waals surface area contributed by atoms with Crippen molar-refractivity contribution >= 4 is 33.3 Å². The lowest BCUT2D eigenvalue weighted by molar-refractivity contribution is 0.0701. The van der Waals surface area contributed by atoms with Gasteiger partial charge < -0.3 is 15.0 Å². The van der Waals surface area contributed by atoms with Gasteiger partial charge in [0, 0.05) is 19.4 Å². The third-order valence-corrected chi connectivity index (χ3v) is 4.44. The number of thiophene rings is 1. The highest BCUT2D eigenvalue weighted by Crippen LogP contribution is 2.33. The van der Waals surface area contributed by atoms with Crippen LogP contribution in [0.5, 0.6) is 0 Å². The van der Waals surface area contributed by atoms with Gasteiger partial charge in [-0.05, 0) is 12.5 Å². The van der Waals surface area contributed by atoms with E-state index in [-0.39, 0.29) is 0 Å². The summed E-state index contributed by atoms with van der Waals surface area (Å²) in [5.74, 6) is 0.558. The molecule has 0 aliphatic heterocycles. The highest BCUT2D eigenvalue weighted by atomic mass is 32.1. The maximum atomic E-state index is 11.2. The van der Waals surface area contributed by atoms with Gasteiger partial charge in [0.1, 0.15) is 27.7 Å². The van der Waals surface area contributed by atoms with Crippen molar-refractivity contribution < 1.29 is 9.90 Å². The van der Waals surface area contributed by atoms with E-state index in [1.54, 1.807) is 13.1 Å². The molecule has 2 N–H and O–H groups in total. The Balaban J connectivity index is 1.99. The van der Waals surface area contributed by atoms with Gasteiger partial charge in [0.05, 0.1) is 11.9 Å². The summed E-state index contributed by atoms with van der Waals surface area (Å²) in [7, 11) is 1.91. The number of nitrogens with zero attached hydrogens (tertiary/aromatic N) is 4. The van der Waals surface area contributed by atoms with E-state index in [0.717, 1.165) is 22.5 Å². The Morgan fingerprint density at radius 1 is 1.43 bits per heavy atom. The SMILES string of the molecule is Cc1c(C(=O)O)sc2ncnc(NCc3nccn3C)c12. The Bertz CT molecular complexity index is 823. The van der Waals surface area contributed by atoms with E-state index < -0.39 is 5.97 Å². The normalized spacial score (nSPS) is 11.0. The third-order valence-electron chi connectivity index (χ3n) is 3.26. The van der Waals surface area contributed by atoms with Gasteiger partial charge in [0.25, 0.3) is 0 Å². The standard InChI is InChI=1S/C13H13N5O2S/c1-7-9-11(15-5-8-14-3-4-18(8)2)16-6-17-12(9)21-10(7)13(19)20/h3-4,6H,5H2,1-2H3,(H,19,20)(H,15,16,17). The molecular formula is C13H13N5O2S. The molecule has 0 aromatic carbocycles. The quantitative estimate of drug-likeness (QED) is 0.766. The van der Waals surface area contributed by atoms with Crippen LogP contribution in [0.3, 0.4) is 0 Å². The van der Waals surface area contributed by atoms with E-state index in [9.17, 15) is 9.90 Å². The number of aryl methyl sites for hydroxylation is 2. The van der Waals surface area contributed by atoms with E-state index in [2.05, 4.69) is 20.3 Å². The molecule has 0 unspecified atom stereocenters. The Morgan fingerprint density at radius 3 is 2.90 bits per heavy atom. The second-order valence-corrected chi connectivity index (χ2v) is 5.57. The molecule has 3 aromatic heterocycles. The topological polar surface area (TPSA) is 92.9 Å². The van der Waals surface area contributed by atoms with E-state index in [4.69, 9.17) is 0 Å². The first-order valence-corrected chi connectivity index (χ1v) is 7.07. The zero-order valence-electron chi connectivity index (χ0n) is 11.5. The van der Waals surface area contributed by atoms with Crippen LogP contribution in [0.15, 0.2) is 18.7 Å². The number of anilines is 1. The van der Waals surface area contributed by atoms with Crippen molar-refractivity contribution in [3.63, 3.8) is 0 Å². The maximum absolute atomic E-state index is 11.2. The van der Waals surface area contributed by atoms with Gasteiger partial charge >= 0.3 is 5.97 Å². The Morgan fingerprint density at radius 2 is 2.24 bits per heavy atom. The molecule has 0 bridgehead atoms. The average Bonchev–Trinajstić information content (AvgIpc) is 3.01. The Hall–Kier alpha value is -2.48. The Kier molecular flexibility index (Phi) is 3.30. The summed E-state index contributed by atoms with van der Waals surface area (Å²) in [6, 6.07) is 0. The number of nitrogens with one attached hydrogen (secondary N) is 1. The number of carboxylic acids is 1. The van der Waals surface area contributed by atoms with E-state index in [0.29, 0.717) is 27.6 Å². The van der Waals surface area contributed by atoms with Crippen LogP contribution >= 0.6 is 11.3 Å². The second-order valence-electron chi connectivity index (χ2n) is 4.57. The summed E-state index contributed by atoms with van der Waals surface area (Å²) in [5, 5.41) is 13.2. The van der Waals surface area contributed by atoms with Crippen molar-refractivity contribution in [3.05, 3.63) is 35.0 Å². The van der Waals surface area contributed by atoms with E-state index in [1.807, 2.05) is 17.8 Å². The molecule has 21 heavy (non-hydrogen) atoms. The van der Waals surface area contributed by atoms with Gasteiger partial charge in [-0.2, -0.15) is 0 Å². The molecule has 0 saturated carbocycles. The van der Waals surface area contributed by atoms with Crippen molar-refractivity contribution in [1.82, 2.24) is 19.5 Å². The van der Waals surface area contributed by atoms with Crippen molar-refractivity contribution in [3.8, 4) is 0 Å². The van der Waals surface area contributed by atoms with Crippen LogP contribution in [-0.4, -0.2) is 30.6 Å². The summed E-state index contributed by atoms with van der Waals surface area (Å²) in [6.45, 7) is 2.28. The van der Waals surface area contributed by atoms with Crippen molar-refractivity contribution in [2.24, 2.45) is 7.05 Å². The molecule has 0 spiro atoms. The number of aromatic carboxylic acids is 1. The lowest BCUT2D eigenvalue weighted by Crippen LogP contribution is -2.07. The summed E-state index contributed by atoms with van der Waals surface area (Å²) in [4.78, 5) is 24.8. The molecule has 108 valence electrons. The lowest BCUT2D eigenvalue weighted by Gasteiger charge is -2.07. The molecular weight excluding hydrogens is 290 g/mol. The molecule has 0 aliphatic carbocycles. The van der Waals surface area contributed by atoms with Crippen LogP contribution in [0.25, 0.3) is 10.2 Å². The third kappa shape index (κ3) is 2.33. The summed E-state index contributed by atoms with van der Waals surface area (Å²) in [5.41, 5.74) is 0.686. The number of hydrogen-bond donors (Lipinski definition) is 2. The van der Waals surface area contributed by atoms with Crippen LogP contribution in [-0.2, 0) is 13.6 Å². The van der Waals surface area contributed by atoms with Crippen LogP contribution in [0.4, 0.5) is 5.82 Å². The minimum absolute atomic E-state index is 0.297. The van der Waals surface area contributed by atoms with Gasteiger partial charge in [-0.25, -0.2) is 19.7 Å². The minimum Gasteiger partial charge on any atom is -0.477 e. The van der Waals surface area contributed by atoms with E-state index >= 15 is 0 Å². The number of imidazole rings is 1. The fourth-order valence-corrected chi connectivity index (χ4v) is 3.13. The molecule has 0 aliphatic rings. The van der Waals surface area contributed by atoms with Gasteiger partial charge in [-0.15, -0.1) is 11.3 Å². The van der Waals surface area contributed by atoms with Crippen molar-refractivity contribution in [2.45, 2.75) is 13.5 Å². The molecule has 3 aromatic rings. The predicted octanol–water partition coefficient (Wildman–Crippen LogP) is 2.04. The van der Waals surface area contributed by atoms with Gasteiger partial charge in [0.15, 0.2) is 0 Å². The summed E-state index contributed by atoms with van der Waals surface area (Å²) < 4.78 is 1.91. The molecule has 3 heterocycles. The van der Waals surface area contributed by atoms with Crippen LogP contribution in [0.2, 0.25) is 0 Å². The summed E-state index contributed by atoms with van der Waals surface area (Å²) in [6.07, 6.45) is 5.03. The first-order valence-electron chi connectivity index (χ1n) is 6.25. The Labute approximate surface area is 124 Å². The predicted molar refractivity (Wildman–Crippen MR) is 79.6 cm³/mol. The zero-order valence-corrected chi connectivity index (χ0v) is 12.3. The fourth-order valence-electron chi connectivity index (χ4n) is 2.14. The van der Waals surface area contributed by atoms with Crippen LogP contribution in [0, 0.1) is 6.92 Å². The molecule has 0 atom stereocenters. The highest BCUT2D eigenvalue weighted by molar-refractivity contribution is 7.20. The number of aromatic nitrogens is 4. The monoisotopic (exact) mass is 303 g/mol. The van der Waals surface area contributed by atoms with Gasteiger partial charge in [-0.1, -0.05) is 0 Å². The zero-order chi connectivity index (χ0) is 15.0. The molecule has 0 saturated heterocycles. The molecule has 0 radical (unpaired) electrons. The molecule has 3 rings (SSSR count). The number of carboxylic acid groups (broad SMARTS) is 1. The molecule has 0 amide bonds. The van der Waals surface area contributed by atoms with Crippen LogP contribution < -0.4 is 5.32 Å². The lowest BCUT2D eigenvalue weighted by atomic mass is 10.2. The first-order chi connectivity index (χ1) is 10.1. The number of carbonyl (C=O) groups is 1. The fraction of sp³-hybridized carbons (Fsp3) is 0.231. The molecule has 8 heteroatoms. The second kappa shape index (κ2) is 5.13. The van der Waals surface area contributed by atoms with Gasteiger partial charge in [0.2, 0.25) is 0 Å². The number of fused-ring (bicyclic) bond motifs is 1. The molecule has 7 nitrogen and oxygen atoms in total. The minimum atomic E-state index is -0.939. The maximum Gasteiger partial charge on any atom is 0.346 e. The first kappa shape index (κ1) is 13.5. The number of rotatable bonds is 4. The average molecular weight is 303 g/mol. The van der Waals surface area contributed by atoms with Crippen molar-refractivity contribution in [2.75, 3.05) is 5.32 Å². The van der Waals surface area contributed by atoms with Gasteiger partial charge in [-0.3, -0.25) is 0 Å². The number of hydrogen-bond acceptors (Lipinski definition) is 6. The summed E-state index contributed by atoms with van der Waals surface area (Å²) >= 11 is 1.16. The molecule has 0 fully saturated rings. The van der Waals surface area contributed by atoms with Crippen LogP contribution in [0.1, 0.15) is 21.1 Å². The smallest absolute Gasteiger partial charge is 0.346 e. The van der Waals surface area contributed by atoms with E-state index in [1.165, 1.54) is 6.33 Å². The highest BCUT2D eigenvalue weighted by Gasteiger charge is 2.18. The largest absolute Gasteiger partial charge is 0.477 e. The van der Waals surface area contributed by atoms with Crippen molar-refractivity contribution in [1.29, 1.82) is 0 Å².